The van der Waals surface area contributed by atoms with Gasteiger partial charge < -0.3 is 14.8 Å². The molecule has 1 aromatic carbocycles. The van der Waals surface area contributed by atoms with Crippen LogP contribution in [0.1, 0.15) is 40.3 Å². The Balaban J connectivity index is 1.65. The second kappa shape index (κ2) is 8.71. The molecule has 0 saturated carbocycles. The standard InChI is InChI=1S/C24H27N5O2/c1-18-26-13-15-28(18)16-19-8-3-4-9-20(19)22(30)29-14-7-11-24(17-29,23(31)25-2)21-10-5-6-12-27-21/h3-6,8-10,12-13,15H,7,11,14,16-17H2,1-2H3,(H,25,31)/t24-/m0/s1. The molecule has 2 aromatic heterocycles. The first kappa shape index (κ1) is 20.8. The van der Waals surface area contributed by atoms with Gasteiger partial charge in [-0.1, -0.05) is 24.3 Å². The predicted octanol–water partition coefficient (Wildman–Crippen LogP) is 2.55. The number of aryl methyl sites for hydroxylation is 1. The normalized spacial score (nSPS) is 18.6. The Morgan fingerprint density at radius 3 is 2.61 bits per heavy atom. The molecular weight excluding hydrogens is 390 g/mol. The number of carbonyl (C=O) groups is 2. The molecule has 2 amide bonds. The van der Waals surface area contributed by atoms with Crippen molar-refractivity contribution >= 4 is 11.8 Å². The van der Waals surface area contributed by atoms with Gasteiger partial charge >= 0.3 is 0 Å². The van der Waals surface area contributed by atoms with Crippen molar-refractivity contribution in [1.29, 1.82) is 0 Å². The van der Waals surface area contributed by atoms with E-state index in [1.807, 2.05) is 60.2 Å². The number of amides is 2. The number of nitrogens with zero attached hydrogens (tertiary/aromatic N) is 4. The minimum atomic E-state index is -0.847. The molecule has 1 fully saturated rings. The second-order valence-electron chi connectivity index (χ2n) is 7.97. The van der Waals surface area contributed by atoms with Gasteiger partial charge in [0.25, 0.3) is 5.91 Å². The predicted molar refractivity (Wildman–Crippen MR) is 118 cm³/mol. The van der Waals surface area contributed by atoms with Crippen LogP contribution in [-0.2, 0) is 16.8 Å². The summed E-state index contributed by atoms with van der Waals surface area (Å²) in [4.78, 5) is 37.2. The molecule has 3 heterocycles. The zero-order chi connectivity index (χ0) is 21.8. The Hall–Kier alpha value is -3.48. The molecule has 1 aliphatic rings. The van der Waals surface area contributed by atoms with E-state index in [0.717, 1.165) is 17.8 Å². The van der Waals surface area contributed by atoms with Gasteiger partial charge in [0.1, 0.15) is 11.2 Å². The van der Waals surface area contributed by atoms with Crippen LogP contribution >= 0.6 is 0 Å². The summed E-state index contributed by atoms with van der Waals surface area (Å²) in [6.07, 6.45) is 6.76. The van der Waals surface area contributed by atoms with Crippen molar-refractivity contribution in [3.63, 3.8) is 0 Å². The molecule has 4 rings (SSSR count). The van der Waals surface area contributed by atoms with E-state index in [4.69, 9.17) is 0 Å². The van der Waals surface area contributed by atoms with Gasteiger partial charge in [-0.3, -0.25) is 14.6 Å². The van der Waals surface area contributed by atoms with Crippen LogP contribution < -0.4 is 5.32 Å². The maximum Gasteiger partial charge on any atom is 0.254 e. The van der Waals surface area contributed by atoms with Gasteiger partial charge in [-0.2, -0.15) is 0 Å². The van der Waals surface area contributed by atoms with E-state index in [1.54, 1.807) is 24.3 Å². The molecule has 0 aliphatic carbocycles. The minimum absolute atomic E-state index is 0.0581. The van der Waals surface area contributed by atoms with Crippen LogP contribution in [0.15, 0.2) is 61.1 Å². The number of hydrogen-bond donors (Lipinski definition) is 1. The lowest BCUT2D eigenvalue weighted by molar-refractivity contribution is -0.128. The van der Waals surface area contributed by atoms with Gasteiger partial charge in [0.2, 0.25) is 5.91 Å². The van der Waals surface area contributed by atoms with Gasteiger partial charge in [-0.25, -0.2) is 4.98 Å². The van der Waals surface area contributed by atoms with E-state index >= 15 is 0 Å². The summed E-state index contributed by atoms with van der Waals surface area (Å²) in [5.41, 5.74) is 1.45. The molecule has 7 heteroatoms. The Morgan fingerprint density at radius 2 is 1.90 bits per heavy atom. The first-order chi connectivity index (χ1) is 15.0. The first-order valence-corrected chi connectivity index (χ1v) is 10.5. The maximum atomic E-state index is 13.6. The van der Waals surface area contributed by atoms with Crippen LogP contribution in [-0.4, -0.2) is 51.4 Å². The van der Waals surface area contributed by atoms with E-state index in [9.17, 15) is 9.59 Å². The lowest BCUT2D eigenvalue weighted by atomic mass is 9.75. The number of hydrogen-bond acceptors (Lipinski definition) is 4. The third-order valence-electron chi connectivity index (χ3n) is 6.11. The quantitative estimate of drug-likeness (QED) is 0.692. The fourth-order valence-electron chi connectivity index (χ4n) is 4.42. The Labute approximate surface area is 182 Å². The van der Waals surface area contributed by atoms with Crippen LogP contribution in [0.2, 0.25) is 0 Å². The molecule has 1 N–H and O–H groups in total. The molecule has 160 valence electrons. The van der Waals surface area contributed by atoms with Crippen molar-refractivity contribution in [3.8, 4) is 0 Å². The van der Waals surface area contributed by atoms with Gasteiger partial charge in [0, 0.05) is 50.8 Å². The highest BCUT2D eigenvalue weighted by Crippen LogP contribution is 2.34. The number of likely N-dealkylation sites (tertiary alicyclic amines) is 1. The van der Waals surface area contributed by atoms with E-state index in [0.29, 0.717) is 37.3 Å². The van der Waals surface area contributed by atoms with Crippen LogP contribution in [0.5, 0.6) is 0 Å². The summed E-state index contributed by atoms with van der Waals surface area (Å²) < 4.78 is 2.02. The Kier molecular flexibility index (Phi) is 5.84. The fraction of sp³-hybridized carbons (Fsp3) is 0.333. The molecule has 1 saturated heterocycles. The number of carbonyl (C=O) groups excluding carboxylic acids is 2. The molecule has 0 spiro atoms. The average molecular weight is 418 g/mol. The molecule has 1 aliphatic heterocycles. The average Bonchev–Trinajstić information content (AvgIpc) is 3.23. The topological polar surface area (TPSA) is 80.1 Å². The lowest BCUT2D eigenvalue weighted by Gasteiger charge is -2.41. The summed E-state index contributed by atoms with van der Waals surface area (Å²) in [6, 6.07) is 13.3. The number of pyridine rings is 1. The molecule has 0 bridgehead atoms. The Morgan fingerprint density at radius 1 is 1.10 bits per heavy atom. The van der Waals surface area contributed by atoms with Crippen molar-refractivity contribution in [2.45, 2.75) is 31.7 Å². The van der Waals surface area contributed by atoms with E-state index in [1.165, 1.54) is 0 Å². The van der Waals surface area contributed by atoms with Gasteiger partial charge in [-0.15, -0.1) is 0 Å². The lowest BCUT2D eigenvalue weighted by Crippen LogP contribution is -2.56. The highest BCUT2D eigenvalue weighted by molar-refractivity contribution is 5.97. The van der Waals surface area contributed by atoms with Crippen LogP contribution in [0.25, 0.3) is 0 Å². The third-order valence-corrected chi connectivity index (χ3v) is 6.11. The monoisotopic (exact) mass is 417 g/mol. The highest BCUT2D eigenvalue weighted by Gasteiger charge is 2.45. The smallest absolute Gasteiger partial charge is 0.254 e. The maximum absolute atomic E-state index is 13.6. The summed E-state index contributed by atoms with van der Waals surface area (Å²) in [5, 5.41) is 2.79. The largest absolute Gasteiger partial charge is 0.358 e. The first-order valence-electron chi connectivity index (χ1n) is 10.5. The fourth-order valence-corrected chi connectivity index (χ4v) is 4.42. The zero-order valence-corrected chi connectivity index (χ0v) is 17.9. The summed E-state index contributed by atoms with van der Waals surface area (Å²) in [5.74, 6) is 0.734. The van der Waals surface area contributed by atoms with Crippen molar-refractivity contribution in [2.24, 2.45) is 0 Å². The van der Waals surface area contributed by atoms with E-state index in [2.05, 4.69) is 15.3 Å². The van der Waals surface area contributed by atoms with Gasteiger partial charge in [0.15, 0.2) is 0 Å². The van der Waals surface area contributed by atoms with Gasteiger partial charge in [-0.05, 0) is 43.5 Å². The minimum Gasteiger partial charge on any atom is -0.358 e. The summed E-state index contributed by atoms with van der Waals surface area (Å²) in [7, 11) is 1.64. The van der Waals surface area contributed by atoms with Crippen LogP contribution in [0, 0.1) is 6.92 Å². The summed E-state index contributed by atoms with van der Waals surface area (Å²) >= 11 is 0. The van der Waals surface area contributed by atoms with Crippen LogP contribution in [0.3, 0.4) is 0 Å². The molecule has 1 atom stereocenters. The van der Waals surface area contributed by atoms with Crippen molar-refractivity contribution in [1.82, 2.24) is 24.8 Å². The van der Waals surface area contributed by atoms with E-state index < -0.39 is 5.41 Å². The third kappa shape index (κ3) is 3.95. The van der Waals surface area contributed by atoms with Crippen molar-refractivity contribution in [2.75, 3.05) is 20.1 Å². The molecule has 0 radical (unpaired) electrons. The number of aromatic nitrogens is 3. The SMILES string of the molecule is CNC(=O)[C@@]1(c2ccccn2)CCCN(C(=O)c2ccccc2Cn2ccnc2C)C1. The second-order valence-corrected chi connectivity index (χ2v) is 7.97. The number of nitrogens with one attached hydrogen (secondary N) is 1. The molecule has 7 nitrogen and oxygen atoms in total. The number of rotatable bonds is 5. The van der Waals surface area contributed by atoms with Gasteiger partial charge in [0.05, 0.1) is 5.69 Å². The number of imidazole rings is 1. The molecular formula is C24H27N5O2. The highest BCUT2D eigenvalue weighted by atomic mass is 16.2. The molecule has 31 heavy (non-hydrogen) atoms. The number of benzene rings is 1. The number of likely N-dealkylation sites (N-methyl/N-ethyl adjacent to an activating group) is 1. The molecule has 0 unspecified atom stereocenters. The van der Waals surface area contributed by atoms with E-state index in [-0.39, 0.29) is 11.8 Å². The molecule has 3 aromatic rings. The summed E-state index contributed by atoms with van der Waals surface area (Å²) in [6.45, 7) is 3.44. The number of piperidine rings is 1. The zero-order valence-electron chi connectivity index (χ0n) is 17.9. The van der Waals surface area contributed by atoms with Crippen molar-refractivity contribution in [3.05, 3.63) is 83.7 Å². The van der Waals surface area contributed by atoms with Crippen LogP contribution in [0.4, 0.5) is 0 Å². The van der Waals surface area contributed by atoms with Crippen molar-refractivity contribution < 1.29 is 9.59 Å². The Bertz CT molecular complexity index is 1080.